The third kappa shape index (κ3) is 8.28. The van der Waals surface area contributed by atoms with Crippen LogP contribution in [0.5, 0.6) is 0 Å². The van der Waals surface area contributed by atoms with Gasteiger partial charge in [-0.05, 0) is 31.9 Å². The van der Waals surface area contributed by atoms with Gasteiger partial charge in [0, 0.05) is 13.2 Å². The smallest absolute Gasteiger partial charge is 0.154 e. The van der Waals surface area contributed by atoms with Gasteiger partial charge in [0.15, 0.2) is 6.29 Å². The first-order valence-electron chi connectivity index (χ1n) is 7.11. The molecule has 0 bridgehead atoms. The first-order chi connectivity index (χ1) is 9.77. The Morgan fingerprint density at radius 3 is 1.33 bits per heavy atom. The van der Waals surface area contributed by atoms with Gasteiger partial charge < -0.3 is 9.47 Å². The van der Waals surface area contributed by atoms with Crippen molar-refractivity contribution in [3.63, 3.8) is 0 Å². The summed E-state index contributed by atoms with van der Waals surface area (Å²) in [5.41, 5.74) is 2.55. The van der Waals surface area contributed by atoms with Crippen molar-refractivity contribution in [2.24, 2.45) is 0 Å². The molecule has 0 fully saturated rings. The summed E-state index contributed by atoms with van der Waals surface area (Å²) >= 11 is 0. The fourth-order valence-electron chi connectivity index (χ4n) is 1.78. The summed E-state index contributed by atoms with van der Waals surface area (Å²) in [7, 11) is 0. The molecule has 0 atom stereocenters. The SMILES string of the molecule is C.CCOC(C)OCC.c1ccc(-c2ccccc2)cc1. The van der Waals surface area contributed by atoms with E-state index in [0.717, 1.165) is 13.2 Å². The lowest BCUT2D eigenvalue weighted by molar-refractivity contribution is -0.123. The third-order valence-corrected chi connectivity index (χ3v) is 2.68. The number of hydrogen-bond acceptors (Lipinski definition) is 2. The Morgan fingerprint density at radius 2 is 1.05 bits per heavy atom. The predicted octanol–water partition coefficient (Wildman–Crippen LogP) is 5.40. The Balaban J connectivity index is 0.000000397. The standard InChI is InChI=1S/C12H10.C6H14O2.CH4/c1-3-7-11(8-4-1)12-9-5-2-6-10-12;1-4-7-6(3)8-5-2;/h1-10H;6H,4-5H2,1-3H3;1H4. The molecule has 0 saturated carbocycles. The molecule has 0 heterocycles. The van der Waals surface area contributed by atoms with E-state index in [4.69, 9.17) is 9.47 Å². The number of rotatable bonds is 5. The normalized spacial score (nSPS) is 9.52. The highest BCUT2D eigenvalue weighted by Crippen LogP contribution is 2.17. The molecule has 2 aromatic rings. The van der Waals surface area contributed by atoms with E-state index in [1.807, 2.05) is 32.9 Å². The molecule has 2 aromatic carbocycles. The van der Waals surface area contributed by atoms with Crippen LogP contribution < -0.4 is 0 Å². The summed E-state index contributed by atoms with van der Waals surface area (Å²) < 4.78 is 10.1. The molecular formula is C19H28O2. The maximum Gasteiger partial charge on any atom is 0.154 e. The molecule has 0 radical (unpaired) electrons. The van der Waals surface area contributed by atoms with Crippen LogP contribution in [0.4, 0.5) is 0 Å². The highest BCUT2D eigenvalue weighted by molar-refractivity contribution is 5.62. The van der Waals surface area contributed by atoms with Gasteiger partial charge in [-0.1, -0.05) is 68.1 Å². The Kier molecular flexibility index (Phi) is 11.2. The second kappa shape index (κ2) is 12.1. The molecule has 0 unspecified atom stereocenters. The minimum atomic E-state index is -0.0370. The van der Waals surface area contributed by atoms with Crippen LogP contribution in [0.25, 0.3) is 11.1 Å². The molecule has 0 spiro atoms. The van der Waals surface area contributed by atoms with Gasteiger partial charge in [-0.3, -0.25) is 0 Å². The van der Waals surface area contributed by atoms with Crippen molar-refractivity contribution in [2.75, 3.05) is 13.2 Å². The van der Waals surface area contributed by atoms with E-state index in [-0.39, 0.29) is 13.7 Å². The molecule has 116 valence electrons. The number of benzene rings is 2. The van der Waals surface area contributed by atoms with Gasteiger partial charge in [-0.15, -0.1) is 0 Å². The second-order valence-electron chi connectivity index (χ2n) is 4.21. The summed E-state index contributed by atoms with van der Waals surface area (Å²) in [5, 5.41) is 0. The summed E-state index contributed by atoms with van der Waals surface area (Å²) in [5.74, 6) is 0. The Bertz CT molecular complexity index is 396. The van der Waals surface area contributed by atoms with Crippen molar-refractivity contribution in [1.82, 2.24) is 0 Å². The van der Waals surface area contributed by atoms with E-state index in [0.29, 0.717) is 0 Å². The quantitative estimate of drug-likeness (QED) is 0.686. The summed E-state index contributed by atoms with van der Waals surface area (Å²) in [6, 6.07) is 20.8. The monoisotopic (exact) mass is 288 g/mol. The van der Waals surface area contributed by atoms with E-state index in [1.165, 1.54) is 11.1 Å². The van der Waals surface area contributed by atoms with E-state index < -0.39 is 0 Å². The largest absolute Gasteiger partial charge is 0.353 e. The molecule has 2 rings (SSSR count). The van der Waals surface area contributed by atoms with Crippen molar-refractivity contribution in [3.8, 4) is 11.1 Å². The van der Waals surface area contributed by atoms with E-state index in [9.17, 15) is 0 Å². The van der Waals surface area contributed by atoms with Crippen molar-refractivity contribution in [1.29, 1.82) is 0 Å². The Morgan fingerprint density at radius 1 is 0.714 bits per heavy atom. The maximum atomic E-state index is 5.06. The fourth-order valence-corrected chi connectivity index (χ4v) is 1.78. The van der Waals surface area contributed by atoms with E-state index in [1.54, 1.807) is 0 Å². The van der Waals surface area contributed by atoms with Crippen molar-refractivity contribution >= 4 is 0 Å². The van der Waals surface area contributed by atoms with Crippen molar-refractivity contribution < 1.29 is 9.47 Å². The zero-order valence-corrected chi connectivity index (χ0v) is 12.6. The molecule has 0 aliphatic heterocycles. The highest BCUT2D eigenvalue weighted by Gasteiger charge is 1.94. The minimum absolute atomic E-state index is 0. The van der Waals surface area contributed by atoms with Crippen LogP contribution in [0, 0.1) is 0 Å². The Hall–Kier alpha value is -1.64. The molecule has 0 N–H and O–H groups in total. The first kappa shape index (κ1) is 19.4. The minimum Gasteiger partial charge on any atom is -0.353 e. The first-order valence-corrected chi connectivity index (χ1v) is 7.11. The predicted molar refractivity (Wildman–Crippen MR) is 91.3 cm³/mol. The molecule has 21 heavy (non-hydrogen) atoms. The van der Waals surface area contributed by atoms with Gasteiger partial charge in [0.2, 0.25) is 0 Å². The van der Waals surface area contributed by atoms with Gasteiger partial charge >= 0.3 is 0 Å². The highest BCUT2D eigenvalue weighted by atomic mass is 16.7. The summed E-state index contributed by atoms with van der Waals surface area (Å²) in [6.07, 6.45) is -0.0370. The lowest BCUT2D eigenvalue weighted by Gasteiger charge is -2.09. The van der Waals surface area contributed by atoms with Crippen molar-refractivity contribution in [3.05, 3.63) is 60.7 Å². The lowest BCUT2D eigenvalue weighted by Crippen LogP contribution is -2.11. The molecule has 0 aliphatic rings. The van der Waals surface area contributed by atoms with Gasteiger partial charge in [-0.25, -0.2) is 0 Å². The Labute approximate surface area is 129 Å². The van der Waals surface area contributed by atoms with Crippen LogP contribution in [0.2, 0.25) is 0 Å². The van der Waals surface area contributed by atoms with E-state index in [2.05, 4.69) is 48.5 Å². The summed E-state index contributed by atoms with van der Waals surface area (Å²) in [4.78, 5) is 0. The van der Waals surface area contributed by atoms with Crippen LogP contribution in [0.15, 0.2) is 60.7 Å². The molecule has 2 nitrogen and oxygen atoms in total. The molecule has 0 saturated heterocycles. The average molecular weight is 288 g/mol. The van der Waals surface area contributed by atoms with Gasteiger partial charge in [0.1, 0.15) is 0 Å². The van der Waals surface area contributed by atoms with Gasteiger partial charge in [0.25, 0.3) is 0 Å². The maximum absolute atomic E-state index is 5.06. The number of hydrogen-bond donors (Lipinski definition) is 0. The molecule has 2 heteroatoms. The zero-order chi connectivity index (χ0) is 14.6. The molecule has 0 amide bonds. The van der Waals surface area contributed by atoms with Gasteiger partial charge in [-0.2, -0.15) is 0 Å². The third-order valence-electron chi connectivity index (χ3n) is 2.68. The van der Waals surface area contributed by atoms with Crippen LogP contribution in [0.1, 0.15) is 28.2 Å². The second-order valence-corrected chi connectivity index (χ2v) is 4.21. The van der Waals surface area contributed by atoms with Crippen LogP contribution >= 0.6 is 0 Å². The number of ether oxygens (including phenoxy) is 2. The summed E-state index contributed by atoms with van der Waals surface area (Å²) in [6.45, 7) is 7.25. The fraction of sp³-hybridized carbons (Fsp3) is 0.368. The van der Waals surface area contributed by atoms with Crippen LogP contribution in [0.3, 0.4) is 0 Å². The van der Waals surface area contributed by atoms with Gasteiger partial charge in [0.05, 0.1) is 0 Å². The topological polar surface area (TPSA) is 18.5 Å². The van der Waals surface area contributed by atoms with Crippen LogP contribution in [-0.2, 0) is 9.47 Å². The molecule has 0 aliphatic carbocycles. The van der Waals surface area contributed by atoms with E-state index >= 15 is 0 Å². The molecular weight excluding hydrogens is 260 g/mol. The van der Waals surface area contributed by atoms with Crippen LogP contribution in [-0.4, -0.2) is 19.5 Å². The lowest BCUT2D eigenvalue weighted by atomic mass is 10.1. The van der Waals surface area contributed by atoms with Crippen molar-refractivity contribution in [2.45, 2.75) is 34.5 Å². The zero-order valence-electron chi connectivity index (χ0n) is 12.6. The molecule has 0 aromatic heterocycles. The average Bonchev–Trinajstić information content (AvgIpc) is 2.50.